The highest BCUT2D eigenvalue weighted by atomic mass is 79.9. The van der Waals surface area contributed by atoms with Crippen molar-refractivity contribution in [1.29, 1.82) is 0 Å². The van der Waals surface area contributed by atoms with Crippen LogP contribution in [-0.4, -0.2) is 28.0 Å². The molecule has 2 aromatic carbocycles. The van der Waals surface area contributed by atoms with Crippen LogP contribution in [0.25, 0.3) is 11.4 Å². The van der Waals surface area contributed by atoms with Crippen molar-refractivity contribution in [2.75, 3.05) is 13.2 Å². The largest absolute Gasteiger partial charge is 0.335 e. The average Bonchev–Trinajstić information content (AvgIpc) is 3.28. The maximum Gasteiger partial charge on any atom is 0.253 e. The number of hydrogen-bond donors (Lipinski definition) is 0. The number of nitrogens with zero attached hydrogens (tertiary/aromatic N) is 3. The van der Waals surface area contributed by atoms with Crippen LogP contribution in [0.4, 0.5) is 0 Å². The molecule has 27 heavy (non-hydrogen) atoms. The van der Waals surface area contributed by atoms with E-state index in [4.69, 9.17) is 9.47 Å². The van der Waals surface area contributed by atoms with Crippen molar-refractivity contribution in [1.82, 2.24) is 14.8 Å². The number of aromatic nitrogens is 3. The van der Waals surface area contributed by atoms with Gasteiger partial charge in [-0.1, -0.05) is 58.4 Å². The van der Waals surface area contributed by atoms with E-state index in [1.165, 1.54) is 11.8 Å². The molecule has 1 aliphatic heterocycles. The summed E-state index contributed by atoms with van der Waals surface area (Å²) in [7, 11) is 0. The Balaban J connectivity index is 1.54. The summed E-state index contributed by atoms with van der Waals surface area (Å²) < 4.78 is 15.4. The highest BCUT2D eigenvalue weighted by Gasteiger charge is 2.43. The van der Waals surface area contributed by atoms with Gasteiger partial charge in [-0.15, -0.1) is 10.2 Å². The van der Waals surface area contributed by atoms with Crippen molar-refractivity contribution < 1.29 is 9.47 Å². The van der Waals surface area contributed by atoms with Gasteiger partial charge in [0.25, 0.3) is 5.12 Å². The predicted octanol–water partition coefficient (Wildman–Crippen LogP) is 4.99. The van der Waals surface area contributed by atoms with E-state index < -0.39 is 5.12 Å². The van der Waals surface area contributed by atoms with E-state index in [-0.39, 0.29) is 0 Å². The molecule has 5 rings (SSSR count). The fourth-order valence-electron chi connectivity index (χ4n) is 3.25. The van der Waals surface area contributed by atoms with Crippen molar-refractivity contribution in [3.63, 3.8) is 0 Å². The van der Waals surface area contributed by atoms with Gasteiger partial charge in [-0.05, 0) is 36.7 Å². The molecule has 0 spiro atoms. The first-order valence-electron chi connectivity index (χ1n) is 8.98. The standard InChI is InChI=1S/C20H18BrN3O2S/c21-16-8-6-14(7-9-16)18-22-23-19(24(18)17-10-11-17)27-20(25-12-13-26-20)15-4-2-1-3-5-15/h1-9,17H,10-13H2. The summed E-state index contributed by atoms with van der Waals surface area (Å²) in [5, 5.41) is 9.00. The molecule has 0 atom stereocenters. The zero-order chi connectivity index (χ0) is 18.3. The Hall–Kier alpha value is -1.67. The number of halogens is 1. The van der Waals surface area contributed by atoms with E-state index in [0.29, 0.717) is 19.3 Å². The second-order valence-electron chi connectivity index (χ2n) is 6.64. The van der Waals surface area contributed by atoms with Gasteiger partial charge in [0, 0.05) is 21.6 Å². The zero-order valence-corrected chi connectivity index (χ0v) is 16.9. The first-order chi connectivity index (χ1) is 13.3. The van der Waals surface area contributed by atoms with Gasteiger partial charge >= 0.3 is 0 Å². The Bertz CT molecular complexity index is 936. The summed E-state index contributed by atoms with van der Waals surface area (Å²) in [6, 6.07) is 18.7. The van der Waals surface area contributed by atoms with Crippen LogP contribution in [0.15, 0.2) is 64.2 Å². The molecule has 7 heteroatoms. The molecule has 5 nitrogen and oxygen atoms in total. The zero-order valence-electron chi connectivity index (χ0n) is 14.5. The Morgan fingerprint density at radius 1 is 0.963 bits per heavy atom. The number of ether oxygens (including phenoxy) is 2. The van der Waals surface area contributed by atoms with E-state index >= 15 is 0 Å². The lowest BCUT2D eigenvalue weighted by molar-refractivity contribution is -0.0818. The number of thioether (sulfide) groups is 1. The Morgan fingerprint density at radius 3 is 2.33 bits per heavy atom. The second-order valence-corrected chi connectivity index (χ2v) is 8.66. The first-order valence-corrected chi connectivity index (χ1v) is 10.6. The molecule has 2 fully saturated rings. The van der Waals surface area contributed by atoms with Crippen LogP contribution in [0.5, 0.6) is 0 Å². The smallest absolute Gasteiger partial charge is 0.253 e. The van der Waals surface area contributed by atoms with Crippen LogP contribution < -0.4 is 0 Å². The van der Waals surface area contributed by atoms with E-state index in [9.17, 15) is 0 Å². The third-order valence-electron chi connectivity index (χ3n) is 4.70. The number of hydrogen-bond acceptors (Lipinski definition) is 5. The molecule has 2 aliphatic rings. The van der Waals surface area contributed by atoms with Gasteiger partial charge in [0.05, 0.1) is 13.2 Å². The molecule has 138 valence electrons. The van der Waals surface area contributed by atoms with Crippen LogP contribution >= 0.6 is 27.7 Å². The summed E-state index contributed by atoms with van der Waals surface area (Å²) in [6.07, 6.45) is 2.30. The lowest BCUT2D eigenvalue weighted by Crippen LogP contribution is -2.23. The maximum absolute atomic E-state index is 6.07. The molecule has 2 heterocycles. The highest BCUT2D eigenvalue weighted by Crippen LogP contribution is 2.49. The minimum Gasteiger partial charge on any atom is -0.335 e. The van der Waals surface area contributed by atoms with E-state index in [1.54, 1.807) is 0 Å². The van der Waals surface area contributed by atoms with Gasteiger partial charge in [0.15, 0.2) is 11.0 Å². The SMILES string of the molecule is Brc1ccc(-c2nnc(SC3(c4ccccc4)OCCO3)n2C2CC2)cc1. The number of benzene rings is 2. The van der Waals surface area contributed by atoms with Crippen molar-refractivity contribution in [2.24, 2.45) is 0 Å². The van der Waals surface area contributed by atoms with Gasteiger partial charge < -0.3 is 9.47 Å². The maximum atomic E-state index is 6.07. The molecule has 0 N–H and O–H groups in total. The molecule has 3 aromatic rings. The molecule has 0 radical (unpaired) electrons. The number of rotatable bonds is 5. The molecular formula is C20H18BrN3O2S. The highest BCUT2D eigenvalue weighted by molar-refractivity contribution is 9.10. The van der Waals surface area contributed by atoms with Gasteiger partial charge in [0.1, 0.15) is 0 Å². The van der Waals surface area contributed by atoms with E-state index in [1.807, 2.05) is 42.5 Å². The minimum absolute atomic E-state index is 0.440. The Kier molecular flexibility index (Phi) is 4.55. The molecule has 1 aliphatic carbocycles. The molecule has 0 amide bonds. The third-order valence-corrected chi connectivity index (χ3v) is 6.43. The summed E-state index contributed by atoms with van der Waals surface area (Å²) >= 11 is 5.00. The van der Waals surface area contributed by atoms with Crippen LogP contribution in [0.1, 0.15) is 24.4 Å². The van der Waals surface area contributed by atoms with Crippen LogP contribution in [-0.2, 0) is 14.6 Å². The normalized spacial score (nSPS) is 18.7. The molecule has 1 aromatic heterocycles. The van der Waals surface area contributed by atoms with Crippen molar-refractivity contribution in [2.45, 2.75) is 29.2 Å². The second kappa shape index (κ2) is 7.05. The van der Waals surface area contributed by atoms with Gasteiger partial charge in [-0.2, -0.15) is 0 Å². The molecule has 1 saturated heterocycles. The lowest BCUT2D eigenvalue weighted by atomic mass is 10.2. The summed E-state index contributed by atoms with van der Waals surface area (Å²) in [5.41, 5.74) is 2.05. The minimum atomic E-state index is -0.863. The van der Waals surface area contributed by atoms with Gasteiger partial charge in [0.2, 0.25) is 0 Å². The monoisotopic (exact) mass is 443 g/mol. The molecule has 1 saturated carbocycles. The summed E-state index contributed by atoms with van der Waals surface area (Å²) in [4.78, 5) is 0. The lowest BCUT2D eigenvalue weighted by Gasteiger charge is -2.26. The van der Waals surface area contributed by atoms with E-state index in [2.05, 4.69) is 42.8 Å². The van der Waals surface area contributed by atoms with Crippen LogP contribution in [0.2, 0.25) is 0 Å². The predicted molar refractivity (Wildman–Crippen MR) is 107 cm³/mol. The first kappa shape index (κ1) is 17.4. The average molecular weight is 444 g/mol. The van der Waals surface area contributed by atoms with Crippen molar-refractivity contribution >= 4 is 27.7 Å². The van der Waals surface area contributed by atoms with Crippen molar-refractivity contribution in [3.05, 3.63) is 64.6 Å². The molecular weight excluding hydrogens is 426 g/mol. The fourth-order valence-corrected chi connectivity index (χ4v) is 4.70. The summed E-state index contributed by atoms with van der Waals surface area (Å²) in [5.74, 6) is 0.897. The van der Waals surface area contributed by atoms with E-state index in [0.717, 1.165) is 39.4 Å². The van der Waals surface area contributed by atoms with Crippen LogP contribution in [0, 0.1) is 0 Å². The van der Waals surface area contributed by atoms with Gasteiger partial charge in [-0.25, -0.2) is 0 Å². The molecule has 0 unspecified atom stereocenters. The third kappa shape index (κ3) is 3.33. The van der Waals surface area contributed by atoms with Crippen LogP contribution in [0.3, 0.4) is 0 Å². The Labute approximate surface area is 170 Å². The van der Waals surface area contributed by atoms with Crippen molar-refractivity contribution in [3.8, 4) is 11.4 Å². The Morgan fingerprint density at radius 2 is 1.67 bits per heavy atom. The fraction of sp³-hybridized carbons (Fsp3) is 0.300. The summed E-state index contributed by atoms with van der Waals surface area (Å²) in [6.45, 7) is 1.14. The quantitative estimate of drug-likeness (QED) is 0.555. The topological polar surface area (TPSA) is 49.2 Å². The van der Waals surface area contributed by atoms with Gasteiger partial charge in [-0.3, -0.25) is 4.57 Å². The molecule has 0 bridgehead atoms.